The van der Waals surface area contributed by atoms with Gasteiger partial charge in [0.25, 0.3) is 11.8 Å². The molecular formula is C20H24ClN3O2. The lowest BCUT2D eigenvalue weighted by Crippen LogP contribution is -2.47. The molecule has 0 aliphatic carbocycles. The fraction of sp³-hybridized carbons (Fsp3) is 0.300. The fourth-order valence-electron chi connectivity index (χ4n) is 3.13. The molecule has 1 saturated heterocycles. The molecular weight excluding hydrogens is 350 g/mol. The zero-order chi connectivity index (χ0) is 17.6. The number of anilines is 1. The number of likely N-dealkylation sites (tertiary alicyclic amines) is 1. The number of nitrogens with one attached hydrogen (secondary N) is 2. The summed E-state index contributed by atoms with van der Waals surface area (Å²) in [4.78, 5) is 27.2. The van der Waals surface area contributed by atoms with E-state index in [-0.39, 0.29) is 24.2 Å². The first-order chi connectivity index (χ1) is 12.2. The van der Waals surface area contributed by atoms with Gasteiger partial charge < -0.3 is 15.5 Å². The summed E-state index contributed by atoms with van der Waals surface area (Å²) in [6.45, 7) is 1.44. The van der Waals surface area contributed by atoms with Crippen LogP contribution in [0.2, 0.25) is 0 Å². The zero-order valence-electron chi connectivity index (χ0n) is 14.8. The van der Waals surface area contributed by atoms with Crippen molar-refractivity contribution in [1.29, 1.82) is 0 Å². The van der Waals surface area contributed by atoms with Crippen LogP contribution in [0, 0.1) is 0 Å². The number of halogens is 1. The third-order valence-electron chi connectivity index (χ3n) is 4.56. The molecule has 0 radical (unpaired) electrons. The molecule has 1 unspecified atom stereocenters. The number of carbonyl (C=O) groups excluding carboxylic acids is 2. The summed E-state index contributed by atoms with van der Waals surface area (Å²) in [5, 5.41) is 6.11. The number of para-hydroxylation sites is 1. The van der Waals surface area contributed by atoms with Gasteiger partial charge in [0.15, 0.2) is 0 Å². The van der Waals surface area contributed by atoms with Crippen LogP contribution in [0.4, 0.5) is 5.69 Å². The van der Waals surface area contributed by atoms with E-state index in [1.165, 1.54) is 0 Å². The molecule has 6 heteroatoms. The predicted octanol–water partition coefficient (Wildman–Crippen LogP) is 3.18. The van der Waals surface area contributed by atoms with Crippen molar-refractivity contribution < 1.29 is 9.59 Å². The topological polar surface area (TPSA) is 61.4 Å². The Labute approximate surface area is 160 Å². The number of likely N-dealkylation sites (N-methyl/N-ethyl adjacent to an activating group) is 1. The molecule has 0 saturated carbocycles. The van der Waals surface area contributed by atoms with Crippen LogP contribution in [-0.2, 0) is 0 Å². The second-order valence-electron chi connectivity index (χ2n) is 6.24. The third kappa shape index (κ3) is 4.62. The maximum Gasteiger partial charge on any atom is 0.256 e. The van der Waals surface area contributed by atoms with Crippen LogP contribution in [0.25, 0.3) is 0 Å². The van der Waals surface area contributed by atoms with Crippen molar-refractivity contribution in [2.45, 2.75) is 18.9 Å². The summed E-state index contributed by atoms with van der Waals surface area (Å²) in [5.74, 6) is -0.253. The highest BCUT2D eigenvalue weighted by Gasteiger charge is 2.25. The van der Waals surface area contributed by atoms with Gasteiger partial charge in [0.2, 0.25) is 0 Å². The summed E-state index contributed by atoms with van der Waals surface area (Å²) >= 11 is 0. The van der Waals surface area contributed by atoms with Gasteiger partial charge in [0, 0.05) is 24.7 Å². The molecule has 1 fully saturated rings. The molecule has 1 aliphatic heterocycles. The Kier molecular flexibility index (Phi) is 7.18. The fourth-order valence-corrected chi connectivity index (χ4v) is 3.13. The number of hydrogen-bond donors (Lipinski definition) is 2. The van der Waals surface area contributed by atoms with E-state index in [2.05, 4.69) is 10.6 Å². The third-order valence-corrected chi connectivity index (χ3v) is 4.56. The Bertz CT molecular complexity index is 752. The number of nitrogens with zero attached hydrogens (tertiary/aromatic N) is 1. The molecule has 1 aliphatic rings. The molecule has 1 heterocycles. The molecule has 3 rings (SSSR count). The van der Waals surface area contributed by atoms with Gasteiger partial charge in [-0.2, -0.15) is 0 Å². The van der Waals surface area contributed by atoms with Crippen molar-refractivity contribution in [2.24, 2.45) is 0 Å². The average molecular weight is 374 g/mol. The Morgan fingerprint density at radius 3 is 2.46 bits per heavy atom. The second kappa shape index (κ2) is 9.36. The highest BCUT2D eigenvalue weighted by Crippen LogP contribution is 2.21. The Hall–Kier alpha value is -2.37. The normalized spacial score (nSPS) is 16.5. The van der Waals surface area contributed by atoms with Crippen molar-refractivity contribution >= 4 is 29.9 Å². The highest BCUT2D eigenvalue weighted by atomic mass is 35.5. The second-order valence-corrected chi connectivity index (χ2v) is 6.24. The van der Waals surface area contributed by atoms with E-state index >= 15 is 0 Å². The highest BCUT2D eigenvalue weighted by molar-refractivity contribution is 6.09. The monoisotopic (exact) mass is 373 g/mol. The summed E-state index contributed by atoms with van der Waals surface area (Å²) < 4.78 is 0. The Balaban J connectivity index is 0.00000243. The maximum absolute atomic E-state index is 12.9. The van der Waals surface area contributed by atoms with Crippen molar-refractivity contribution in [3.63, 3.8) is 0 Å². The first kappa shape index (κ1) is 19.9. The van der Waals surface area contributed by atoms with Gasteiger partial charge in [-0.25, -0.2) is 0 Å². The van der Waals surface area contributed by atoms with Crippen LogP contribution < -0.4 is 10.6 Å². The first-order valence-electron chi connectivity index (χ1n) is 8.61. The molecule has 5 nitrogen and oxygen atoms in total. The Morgan fingerprint density at radius 1 is 1.04 bits per heavy atom. The van der Waals surface area contributed by atoms with Gasteiger partial charge in [-0.1, -0.05) is 30.3 Å². The van der Waals surface area contributed by atoms with Gasteiger partial charge >= 0.3 is 0 Å². The number of carbonyl (C=O) groups is 2. The van der Waals surface area contributed by atoms with Crippen LogP contribution in [-0.4, -0.2) is 42.9 Å². The van der Waals surface area contributed by atoms with E-state index in [0.717, 1.165) is 19.4 Å². The van der Waals surface area contributed by atoms with Crippen LogP contribution in [0.1, 0.15) is 33.6 Å². The molecule has 138 valence electrons. The maximum atomic E-state index is 12.9. The van der Waals surface area contributed by atoms with E-state index in [9.17, 15) is 9.59 Å². The van der Waals surface area contributed by atoms with E-state index in [4.69, 9.17) is 0 Å². The number of amides is 2. The Morgan fingerprint density at radius 2 is 1.73 bits per heavy atom. The van der Waals surface area contributed by atoms with Crippen molar-refractivity contribution in [2.75, 3.05) is 25.5 Å². The molecule has 26 heavy (non-hydrogen) atoms. The lowest BCUT2D eigenvalue weighted by Gasteiger charge is -2.33. The number of piperidine rings is 1. The minimum Gasteiger partial charge on any atom is -0.337 e. The standard InChI is InChI=1S/C20H23N3O2.ClH/c1-21-16-10-7-13-23(14-16)20(25)17-11-5-6-12-18(17)22-19(24)15-8-3-2-4-9-15;/h2-6,8-9,11-12,16,21H,7,10,13-14H2,1H3,(H,22,24);1H. The van der Waals surface area contributed by atoms with Gasteiger partial charge in [-0.15, -0.1) is 12.4 Å². The lowest BCUT2D eigenvalue weighted by atomic mass is 10.0. The molecule has 2 amide bonds. The summed E-state index contributed by atoms with van der Waals surface area (Å²) in [6, 6.07) is 16.5. The van der Waals surface area contributed by atoms with Crippen LogP contribution in [0.5, 0.6) is 0 Å². The quantitative estimate of drug-likeness (QED) is 0.865. The molecule has 2 aromatic rings. The smallest absolute Gasteiger partial charge is 0.256 e. The van der Waals surface area contributed by atoms with E-state index in [1.54, 1.807) is 24.3 Å². The SMILES string of the molecule is CNC1CCCN(C(=O)c2ccccc2NC(=O)c2ccccc2)C1.Cl. The van der Waals surface area contributed by atoms with Crippen molar-refractivity contribution in [3.05, 3.63) is 65.7 Å². The van der Waals surface area contributed by atoms with Gasteiger partial charge in [-0.05, 0) is 44.2 Å². The minimum absolute atomic E-state index is 0. The number of benzene rings is 2. The molecule has 0 aromatic heterocycles. The van der Waals surface area contributed by atoms with Gasteiger partial charge in [0.05, 0.1) is 11.3 Å². The van der Waals surface area contributed by atoms with E-state index < -0.39 is 0 Å². The van der Waals surface area contributed by atoms with Crippen molar-refractivity contribution in [1.82, 2.24) is 10.2 Å². The zero-order valence-corrected chi connectivity index (χ0v) is 15.6. The number of rotatable bonds is 4. The molecule has 1 atom stereocenters. The van der Waals surface area contributed by atoms with Gasteiger partial charge in [-0.3, -0.25) is 9.59 Å². The minimum atomic E-state index is -0.215. The number of hydrogen-bond acceptors (Lipinski definition) is 3. The first-order valence-corrected chi connectivity index (χ1v) is 8.61. The van der Waals surface area contributed by atoms with Crippen molar-refractivity contribution in [3.8, 4) is 0 Å². The van der Waals surface area contributed by atoms with Crippen LogP contribution in [0.3, 0.4) is 0 Å². The largest absolute Gasteiger partial charge is 0.337 e. The lowest BCUT2D eigenvalue weighted by molar-refractivity contribution is 0.0699. The van der Waals surface area contributed by atoms with E-state index in [0.29, 0.717) is 29.4 Å². The molecule has 2 aromatic carbocycles. The summed E-state index contributed by atoms with van der Waals surface area (Å²) in [6.07, 6.45) is 2.06. The summed E-state index contributed by atoms with van der Waals surface area (Å²) in [7, 11) is 1.92. The molecule has 0 spiro atoms. The summed E-state index contributed by atoms with van der Waals surface area (Å²) in [5.41, 5.74) is 1.65. The molecule has 0 bridgehead atoms. The predicted molar refractivity (Wildman–Crippen MR) is 106 cm³/mol. The molecule has 2 N–H and O–H groups in total. The van der Waals surface area contributed by atoms with Crippen LogP contribution >= 0.6 is 12.4 Å². The average Bonchev–Trinajstić information content (AvgIpc) is 2.68. The van der Waals surface area contributed by atoms with E-state index in [1.807, 2.05) is 42.3 Å². The van der Waals surface area contributed by atoms with Crippen LogP contribution in [0.15, 0.2) is 54.6 Å². The van der Waals surface area contributed by atoms with Gasteiger partial charge in [0.1, 0.15) is 0 Å².